The molecule has 1 aliphatic carbocycles. The lowest BCUT2D eigenvalue weighted by Crippen LogP contribution is -2.07. The van der Waals surface area contributed by atoms with Gasteiger partial charge >= 0.3 is 0 Å². The Bertz CT molecular complexity index is 142. The van der Waals surface area contributed by atoms with Crippen LogP contribution in [0.4, 0.5) is 0 Å². The van der Waals surface area contributed by atoms with E-state index in [1.807, 2.05) is 0 Å². The highest BCUT2D eigenvalue weighted by atomic mass is 14.2. The summed E-state index contributed by atoms with van der Waals surface area (Å²) in [5.41, 5.74) is 1.69. The van der Waals surface area contributed by atoms with Gasteiger partial charge in [-0.3, -0.25) is 0 Å². The zero-order valence-electron chi connectivity index (χ0n) is 8.06. The monoisotopic (exact) mass is 152 g/mol. The van der Waals surface area contributed by atoms with Gasteiger partial charge in [-0.15, -0.1) is 0 Å². The van der Waals surface area contributed by atoms with Gasteiger partial charge in [-0.05, 0) is 31.1 Å². The van der Waals surface area contributed by atoms with Crippen molar-refractivity contribution >= 4 is 0 Å². The smallest absolute Gasteiger partial charge is 0.0260 e. The fourth-order valence-corrected chi connectivity index (χ4v) is 1.80. The fraction of sp³-hybridized carbons (Fsp3) is 0.818. The second kappa shape index (κ2) is 3.94. The summed E-state index contributed by atoms with van der Waals surface area (Å²) in [6, 6.07) is 0. The number of hydrogen-bond donors (Lipinski definition) is 0. The van der Waals surface area contributed by atoms with Gasteiger partial charge in [0.25, 0.3) is 0 Å². The van der Waals surface area contributed by atoms with Gasteiger partial charge in [-0.25, -0.2) is 0 Å². The molecule has 0 radical (unpaired) electrons. The van der Waals surface area contributed by atoms with E-state index in [4.69, 9.17) is 0 Å². The lowest BCUT2D eigenvalue weighted by Gasteiger charge is -2.22. The Hall–Kier alpha value is -0.260. The highest BCUT2D eigenvalue weighted by molar-refractivity contribution is 5.08. The molecule has 64 valence electrons. The van der Waals surface area contributed by atoms with Gasteiger partial charge in [0.1, 0.15) is 0 Å². The lowest BCUT2D eigenvalue weighted by molar-refractivity contribution is 0.441. The van der Waals surface area contributed by atoms with E-state index < -0.39 is 0 Å². The predicted molar refractivity (Wildman–Crippen MR) is 50.6 cm³/mol. The van der Waals surface area contributed by atoms with Crippen molar-refractivity contribution in [1.29, 1.82) is 0 Å². The van der Waals surface area contributed by atoms with Crippen LogP contribution < -0.4 is 0 Å². The largest absolute Gasteiger partial charge is 0.0848 e. The maximum absolute atomic E-state index is 2.47. The van der Waals surface area contributed by atoms with Crippen molar-refractivity contribution in [3.8, 4) is 0 Å². The third-order valence-electron chi connectivity index (χ3n) is 2.87. The highest BCUT2D eigenvalue weighted by Crippen LogP contribution is 2.29. The third kappa shape index (κ3) is 2.36. The Morgan fingerprint density at radius 1 is 1.55 bits per heavy atom. The standard InChI is InChI=1S/C11H20/c1-4-10-5-7-11(8-6-10)9(2)3/h7,9-10H,4-6,8H2,1-3H3/t10-/m0/s1. The van der Waals surface area contributed by atoms with Crippen molar-refractivity contribution in [1.82, 2.24) is 0 Å². The van der Waals surface area contributed by atoms with Crippen molar-refractivity contribution in [2.75, 3.05) is 0 Å². The van der Waals surface area contributed by atoms with E-state index in [0.29, 0.717) is 0 Å². The first kappa shape index (κ1) is 8.83. The molecule has 1 rings (SSSR count). The first-order valence-corrected chi connectivity index (χ1v) is 4.93. The van der Waals surface area contributed by atoms with E-state index >= 15 is 0 Å². The van der Waals surface area contributed by atoms with Gasteiger partial charge < -0.3 is 0 Å². The Labute approximate surface area is 70.7 Å². The Balaban J connectivity index is 2.44. The lowest BCUT2D eigenvalue weighted by atomic mass is 9.84. The molecule has 0 fully saturated rings. The van der Waals surface area contributed by atoms with Gasteiger partial charge in [-0.2, -0.15) is 0 Å². The average molecular weight is 152 g/mol. The molecule has 0 nitrogen and oxygen atoms in total. The molecule has 0 saturated heterocycles. The summed E-state index contributed by atoms with van der Waals surface area (Å²) in [4.78, 5) is 0. The first-order valence-electron chi connectivity index (χ1n) is 4.93. The van der Waals surface area contributed by atoms with Crippen LogP contribution in [0.2, 0.25) is 0 Å². The Kier molecular flexibility index (Phi) is 3.16. The van der Waals surface area contributed by atoms with Crippen molar-refractivity contribution < 1.29 is 0 Å². The average Bonchev–Trinajstić information content (AvgIpc) is 2.05. The molecule has 0 heteroatoms. The van der Waals surface area contributed by atoms with Gasteiger partial charge in [-0.1, -0.05) is 38.8 Å². The molecular weight excluding hydrogens is 132 g/mol. The minimum atomic E-state index is 0.785. The zero-order chi connectivity index (χ0) is 8.27. The number of rotatable bonds is 2. The molecule has 0 unspecified atom stereocenters. The minimum Gasteiger partial charge on any atom is -0.0848 e. The van der Waals surface area contributed by atoms with Crippen LogP contribution in [0.25, 0.3) is 0 Å². The van der Waals surface area contributed by atoms with Gasteiger partial charge in [0, 0.05) is 0 Å². The van der Waals surface area contributed by atoms with Crippen molar-refractivity contribution in [2.24, 2.45) is 11.8 Å². The van der Waals surface area contributed by atoms with Crippen molar-refractivity contribution in [3.63, 3.8) is 0 Å². The second-order valence-electron chi connectivity index (χ2n) is 3.98. The summed E-state index contributed by atoms with van der Waals surface area (Å²) < 4.78 is 0. The van der Waals surface area contributed by atoms with Gasteiger partial charge in [0.05, 0.1) is 0 Å². The van der Waals surface area contributed by atoms with Gasteiger partial charge in [0.2, 0.25) is 0 Å². The van der Waals surface area contributed by atoms with Crippen molar-refractivity contribution in [3.05, 3.63) is 11.6 Å². The van der Waals surface area contributed by atoms with Crippen LogP contribution in [0.1, 0.15) is 46.5 Å². The molecular formula is C11H20. The minimum absolute atomic E-state index is 0.785. The molecule has 0 N–H and O–H groups in total. The molecule has 11 heavy (non-hydrogen) atoms. The highest BCUT2D eigenvalue weighted by Gasteiger charge is 2.13. The van der Waals surface area contributed by atoms with E-state index in [0.717, 1.165) is 11.8 Å². The number of allylic oxidation sites excluding steroid dienone is 2. The van der Waals surface area contributed by atoms with Gasteiger partial charge in [0.15, 0.2) is 0 Å². The zero-order valence-corrected chi connectivity index (χ0v) is 8.06. The summed E-state index contributed by atoms with van der Waals surface area (Å²) in [6.45, 7) is 6.91. The molecule has 0 saturated carbocycles. The van der Waals surface area contributed by atoms with E-state index in [1.54, 1.807) is 5.57 Å². The quantitative estimate of drug-likeness (QED) is 0.528. The normalized spacial score (nSPS) is 25.5. The van der Waals surface area contributed by atoms with Crippen molar-refractivity contribution in [2.45, 2.75) is 46.5 Å². The van der Waals surface area contributed by atoms with Crippen LogP contribution in [0.5, 0.6) is 0 Å². The van der Waals surface area contributed by atoms with Crippen LogP contribution in [-0.4, -0.2) is 0 Å². The Morgan fingerprint density at radius 3 is 2.64 bits per heavy atom. The van der Waals surface area contributed by atoms with Crippen LogP contribution in [0.3, 0.4) is 0 Å². The molecule has 0 aromatic carbocycles. The molecule has 0 aromatic heterocycles. The van der Waals surface area contributed by atoms with Crippen LogP contribution in [0, 0.1) is 11.8 Å². The molecule has 1 aliphatic rings. The SMILES string of the molecule is CC[C@H]1CC=C(C(C)C)CC1. The molecule has 0 amide bonds. The summed E-state index contributed by atoms with van der Waals surface area (Å²) in [7, 11) is 0. The number of hydrogen-bond acceptors (Lipinski definition) is 0. The molecule has 0 heterocycles. The van der Waals surface area contributed by atoms with Crippen LogP contribution in [0.15, 0.2) is 11.6 Å². The predicted octanol–water partition coefficient (Wildman–Crippen LogP) is 3.78. The third-order valence-corrected chi connectivity index (χ3v) is 2.87. The molecule has 0 spiro atoms. The van der Waals surface area contributed by atoms with E-state index in [9.17, 15) is 0 Å². The first-order chi connectivity index (χ1) is 5.24. The molecule has 0 bridgehead atoms. The Morgan fingerprint density at radius 2 is 2.27 bits per heavy atom. The second-order valence-corrected chi connectivity index (χ2v) is 3.98. The van der Waals surface area contributed by atoms with Crippen LogP contribution in [-0.2, 0) is 0 Å². The van der Waals surface area contributed by atoms with E-state index in [-0.39, 0.29) is 0 Å². The maximum Gasteiger partial charge on any atom is -0.0260 e. The topological polar surface area (TPSA) is 0 Å². The summed E-state index contributed by atoms with van der Waals surface area (Å²) in [5.74, 6) is 1.77. The summed E-state index contributed by atoms with van der Waals surface area (Å²) in [6.07, 6.45) is 7.96. The summed E-state index contributed by atoms with van der Waals surface area (Å²) in [5, 5.41) is 0. The molecule has 1 atom stereocenters. The summed E-state index contributed by atoms with van der Waals surface area (Å²) >= 11 is 0. The molecule has 0 aromatic rings. The molecule has 0 aliphatic heterocycles. The van der Waals surface area contributed by atoms with E-state index in [2.05, 4.69) is 26.8 Å². The fourth-order valence-electron chi connectivity index (χ4n) is 1.80. The van der Waals surface area contributed by atoms with E-state index in [1.165, 1.54) is 25.7 Å². The van der Waals surface area contributed by atoms with Crippen LogP contribution >= 0.6 is 0 Å². The maximum atomic E-state index is 2.47.